The number of rotatable bonds is 3. The van der Waals surface area contributed by atoms with E-state index in [9.17, 15) is 4.79 Å². The Bertz CT molecular complexity index is 729. The molecule has 0 spiro atoms. The Morgan fingerprint density at radius 1 is 1.36 bits per heavy atom. The molecule has 1 unspecified atom stereocenters. The van der Waals surface area contributed by atoms with Crippen molar-refractivity contribution < 1.29 is 4.79 Å². The number of imidazole rings is 1. The summed E-state index contributed by atoms with van der Waals surface area (Å²) in [4.78, 5) is 24.3. The molecule has 134 valence electrons. The van der Waals surface area contributed by atoms with Crippen molar-refractivity contribution in [2.24, 2.45) is 7.05 Å². The van der Waals surface area contributed by atoms with Crippen molar-refractivity contribution in [3.8, 4) is 0 Å². The highest BCUT2D eigenvalue weighted by molar-refractivity contribution is 5.74. The van der Waals surface area contributed by atoms with Gasteiger partial charge < -0.3 is 15.2 Å². The van der Waals surface area contributed by atoms with E-state index in [1.807, 2.05) is 29.0 Å². The molecule has 0 saturated carbocycles. The predicted octanol–water partition coefficient (Wildman–Crippen LogP) is 0.528. The first-order valence-electron chi connectivity index (χ1n) is 8.94. The summed E-state index contributed by atoms with van der Waals surface area (Å²) < 4.78 is 1.83. The maximum atomic E-state index is 12.5. The van der Waals surface area contributed by atoms with Crippen molar-refractivity contribution in [3.05, 3.63) is 35.7 Å². The average molecular weight is 343 g/mol. The summed E-state index contributed by atoms with van der Waals surface area (Å²) in [6.07, 6.45) is 8.45. The molecule has 2 N–H and O–H groups in total. The maximum absolute atomic E-state index is 12.5. The molecule has 1 fully saturated rings. The third kappa shape index (κ3) is 3.68. The van der Waals surface area contributed by atoms with E-state index < -0.39 is 0 Å². The van der Waals surface area contributed by atoms with Crippen LogP contribution in [0.3, 0.4) is 0 Å². The maximum Gasteiger partial charge on any atom is 0.317 e. The lowest BCUT2D eigenvalue weighted by atomic mass is 9.96. The van der Waals surface area contributed by atoms with Crippen molar-refractivity contribution in [2.75, 3.05) is 26.2 Å². The van der Waals surface area contributed by atoms with Crippen molar-refractivity contribution in [1.82, 2.24) is 34.9 Å². The number of aryl methyl sites for hydroxylation is 2. The first-order valence-corrected chi connectivity index (χ1v) is 8.94. The predicted molar refractivity (Wildman–Crippen MR) is 93.0 cm³/mol. The Balaban J connectivity index is 1.24. The number of nitrogens with zero attached hydrogens (tertiary/aromatic N) is 5. The summed E-state index contributed by atoms with van der Waals surface area (Å²) in [5.74, 6) is 0. The van der Waals surface area contributed by atoms with E-state index in [2.05, 4.69) is 25.3 Å². The minimum absolute atomic E-state index is 0.0639. The molecule has 0 bridgehead atoms. The Morgan fingerprint density at radius 2 is 2.20 bits per heavy atom. The molecule has 8 nitrogen and oxygen atoms in total. The van der Waals surface area contributed by atoms with Gasteiger partial charge in [-0.15, -0.1) is 0 Å². The van der Waals surface area contributed by atoms with Gasteiger partial charge >= 0.3 is 6.03 Å². The highest BCUT2D eigenvalue weighted by Gasteiger charge is 2.26. The molecular formula is C17H25N7O. The van der Waals surface area contributed by atoms with Crippen LogP contribution in [0.5, 0.6) is 0 Å². The molecule has 0 aromatic carbocycles. The number of nitrogens with one attached hydrogen (secondary N) is 2. The van der Waals surface area contributed by atoms with Gasteiger partial charge in [0.15, 0.2) is 0 Å². The van der Waals surface area contributed by atoms with Gasteiger partial charge in [0.1, 0.15) is 0 Å². The molecule has 3 heterocycles. The van der Waals surface area contributed by atoms with Crippen LogP contribution in [0.25, 0.3) is 0 Å². The van der Waals surface area contributed by atoms with Crippen LogP contribution in [0.4, 0.5) is 4.79 Å². The highest BCUT2D eigenvalue weighted by atomic mass is 16.2. The monoisotopic (exact) mass is 343 g/mol. The number of amides is 2. The molecule has 1 saturated heterocycles. The zero-order valence-electron chi connectivity index (χ0n) is 14.6. The van der Waals surface area contributed by atoms with Gasteiger partial charge in [0.2, 0.25) is 0 Å². The van der Waals surface area contributed by atoms with Gasteiger partial charge in [-0.25, -0.2) is 9.78 Å². The third-order valence-corrected chi connectivity index (χ3v) is 5.14. The second-order valence-electron chi connectivity index (χ2n) is 7.00. The lowest BCUT2D eigenvalue weighted by molar-refractivity contribution is 0.132. The Morgan fingerprint density at radius 3 is 2.96 bits per heavy atom. The molecule has 4 rings (SSSR count). The molecule has 25 heavy (non-hydrogen) atoms. The molecule has 2 aliphatic rings. The van der Waals surface area contributed by atoms with Crippen LogP contribution in [-0.4, -0.2) is 67.8 Å². The van der Waals surface area contributed by atoms with Crippen LogP contribution in [0.1, 0.15) is 23.4 Å². The van der Waals surface area contributed by atoms with Crippen LogP contribution in [0.15, 0.2) is 18.7 Å². The van der Waals surface area contributed by atoms with Crippen LogP contribution < -0.4 is 5.32 Å². The van der Waals surface area contributed by atoms with E-state index >= 15 is 0 Å². The van der Waals surface area contributed by atoms with E-state index in [1.165, 1.54) is 5.56 Å². The summed E-state index contributed by atoms with van der Waals surface area (Å²) in [5, 5.41) is 7.41. The van der Waals surface area contributed by atoms with Gasteiger partial charge in [-0.2, -0.15) is 5.10 Å². The van der Waals surface area contributed by atoms with Gasteiger partial charge in [-0.1, -0.05) is 0 Å². The standard InChI is InChI=1S/C17H25N7O/c1-22-10-13(9-20-22)11-23-4-6-24(7-5-23)17(25)21-14-2-3-15-16(8-14)19-12-18-15/h9-10,12,14H,2-8,11H2,1H3,(H,18,19)(H,21,25). The normalized spacial score (nSPS) is 21.2. The van der Waals surface area contributed by atoms with Crippen molar-refractivity contribution in [2.45, 2.75) is 31.8 Å². The molecule has 8 heteroatoms. The molecular weight excluding hydrogens is 318 g/mol. The molecule has 2 aromatic rings. The fourth-order valence-corrected chi connectivity index (χ4v) is 3.71. The lowest BCUT2D eigenvalue weighted by Gasteiger charge is -2.35. The molecule has 0 radical (unpaired) electrons. The summed E-state index contributed by atoms with van der Waals surface area (Å²) in [5.41, 5.74) is 3.53. The smallest absolute Gasteiger partial charge is 0.317 e. The van der Waals surface area contributed by atoms with E-state index in [4.69, 9.17) is 0 Å². The van der Waals surface area contributed by atoms with E-state index in [-0.39, 0.29) is 12.1 Å². The Kier molecular flexibility index (Phi) is 4.44. The van der Waals surface area contributed by atoms with Gasteiger partial charge in [-0.3, -0.25) is 9.58 Å². The lowest BCUT2D eigenvalue weighted by Crippen LogP contribution is -2.53. The van der Waals surface area contributed by atoms with Gasteiger partial charge in [0.05, 0.1) is 18.2 Å². The average Bonchev–Trinajstić information content (AvgIpc) is 3.24. The molecule has 1 atom stereocenters. The number of aromatic amines is 1. The number of hydrogen-bond acceptors (Lipinski definition) is 4. The number of piperazine rings is 1. The van der Waals surface area contributed by atoms with Crippen LogP contribution in [0.2, 0.25) is 0 Å². The van der Waals surface area contributed by atoms with E-state index in [1.54, 1.807) is 6.33 Å². The van der Waals surface area contributed by atoms with Gasteiger partial charge in [0, 0.05) is 69.7 Å². The molecule has 1 aliphatic heterocycles. The molecule has 1 aliphatic carbocycles. The van der Waals surface area contributed by atoms with Crippen molar-refractivity contribution in [3.63, 3.8) is 0 Å². The van der Waals surface area contributed by atoms with Crippen molar-refractivity contribution >= 4 is 6.03 Å². The summed E-state index contributed by atoms with van der Waals surface area (Å²) in [7, 11) is 1.93. The SMILES string of the molecule is Cn1cc(CN2CCN(C(=O)NC3CCc4nc[nH]c4C3)CC2)cn1. The summed E-state index contributed by atoms with van der Waals surface area (Å²) in [6.45, 7) is 4.24. The highest BCUT2D eigenvalue weighted by Crippen LogP contribution is 2.18. The largest absolute Gasteiger partial charge is 0.348 e. The topological polar surface area (TPSA) is 82.1 Å². The number of carbonyl (C=O) groups is 1. The van der Waals surface area contributed by atoms with Crippen LogP contribution in [0, 0.1) is 0 Å². The number of fused-ring (bicyclic) bond motifs is 1. The second-order valence-corrected chi connectivity index (χ2v) is 7.00. The fraction of sp³-hybridized carbons (Fsp3) is 0.588. The third-order valence-electron chi connectivity index (χ3n) is 5.14. The Hall–Kier alpha value is -2.35. The zero-order valence-corrected chi connectivity index (χ0v) is 14.6. The second kappa shape index (κ2) is 6.87. The Labute approximate surface area is 147 Å². The fourth-order valence-electron chi connectivity index (χ4n) is 3.71. The number of H-pyrrole nitrogens is 1. The zero-order chi connectivity index (χ0) is 17.2. The first kappa shape index (κ1) is 16.1. The number of urea groups is 1. The molecule has 2 amide bonds. The summed E-state index contributed by atoms with van der Waals surface area (Å²) >= 11 is 0. The minimum atomic E-state index is 0.0639. The van der Waals surface area contributed by atoms with Crippen molar-refractivity contribution in [1.29, 1.82) is 0 Å². The van der Waals surface area contributed by atoms with Gasteiger partial charge in [0.25, 0.3) is 0 Å². The summed E-state index contributed by atoms with van der Waals surface area (Å²) in [6, 6.07) is 0.267. The quantitative estimate of drug-likeness (QED) is 0.852. The minimum Gasteiger partial charge on any atom is -0.348 e. The molecule has 2 aromatic heterocycles. The number of hydrogen-bond donors (Lipinski definition) is 2. The number of carbonyl (C=O) groups excluding carboxylic acids is 1. The van der Waals surface area contributed by atoms with E-state index in [0.717, 1.165) is 63.4 Å². The van der Waals surface area contributed by atoms with Crippen LogP contribution in [-0.2, 0) is 26.4 Å². The van der Waals surface area contributed by atoms with E-state index in [0.29, 0.717) is 0 Å². The van der Waals surface area contributed by atoms with Gasteiger partial charge in [-0.05, 0) is 12.8 Å². The van der Waals surface area contributed by atoms with Crippen LogP contribution >= 0.6 is 0 Å². The first-order chi connectivity index (χ1) is 12.2. The number of aromatic nitrogens is 4.